The van der Waals surface area contributed by atoms with Crippen molar-refractivity contribution in [3.63, 3.8) is 0 Å². The second kappa shape index (κ2) is 9.97. The van der Waals surface area contributed by atoms with Crippen LogP contribution in [0.4, 0.5) is 15.8 Å². The molecule has 0 aliphatic rings. The summed E-state index contributed by atoms with van der Waals surface area (Å²) in [6.07, 6.45) is 0. The molecule has 2 N–H and O–H groups in total. The Morgan fingerprint density at radius 3 is 2.29 bits per heavy atom. The molecule has 3 aromatic carbocycles. The lowest BCUT2D eigenvalue weighted by Gasteiger charge is -2.11. The zero-order valence-corrected chi connectivity index (χ0v) is 15.2. The molecule has 144 valence electrons. The van der Waals surface area contributed by atoms with Crippen LogP contribution in [0.1, 0.15) is 0 Å². The molecule has 0 heterocycles. The van der Waals surface area contributed by atoms with E-state index in [-0.39, 0.29) is 18.1 Å². The SMILES string of the molecule is O=C(CNc1cccc(OCCOc2ccccc2)c1)Nc1ccccc1F. The number of ether oxygens (including phenoxy) is 2. The molecule has 28 heavy (non-hydrogen) atoms. The number of anilines is 2. The highest BCUT2D eigenvalue weighted by atomic mass is 19.1. The number of carbonyl (C=O) groups is 1. The van der Waals surface area contributed by atoms with E-state index in [0.717, 1.165) is 11.4 Å². The van der Waals surface area contributed by atoms with Crippen LogP contribution in [0.2, 0.25) is 0 Å². The fraction of sp³-hybridized carbons (Fsp3) is 0.136. The fourth-order valence-electron chi connectivity index (χ4n) is 2.47. The number of halogens is 1. The van der Waals surface area contributed by atoms with Gasteiger partial charge in [0.15, 0.2) is 0 Å². The molecular formula is C22H21FN2O3. The van der Waals surface area contributed by atoms with Crippen LogP contribution in [0.25, 0.3) is 0 Å². The van der Waals surface area contributed by atoms with E-state index in [4.69, 9.17) is 9.47 Å². The highest BCUT2D eigenvalue weighted by molar-refractivity contribution is 5.93. The van der Waals surface area contributed by atoms with Crippen LogP contribution in [0.15, 0.2) is 78.9 Å². The van der Waals surface area contributed by atoms with Crippen molar-refractivity contribution in [1.29, 1.82) is 0 Å². The van der Waals surface area contributed by atoms with Gasteiger partial charge in [-0.15, -0.1) is 0 Å². The Bertz CT molecular complexity index is 903. The monoisotopic (exact) mass is 380 g/mol. The second-order valence-electron chi connectivity index (χ2n) is 5.92. The van der Waals surface area contributed by atoms with Gasteiger partial charge in [0, 0.05) is 11.8 Å². The van der Waals surface area contributed by atoms with Gasteiger partial charge in [-0.2, -0.15) is 0 Å². The van der Waals surface area contributed by atoms with Crippen LogP contribution in [-0.4, -0.2) is 25.7 Å². The van der Waals surface area contributed by atoms with Crippen LogP contribution in [0.5, 0.6) is 11.5 Å². The molecular weight excluding hydrogens is 359 g/mol. The molecule has 5 nitrogen and oxygen atoms in total. The number of benzene rings is 3. The van der Waals surface area contributed by atoms with Gasteiger partial charge in [0.2, 0.25) is 5.91 Å². The van der Waals surface area contributed by atoms with Gasteiger partial charge in [-0.05, 0) is 36.4 Å². The first-order valence-corrected chi connectivity index (χ1v) is 8.90. The van der Waals surface area contributed by atoms with Gasteiger partial charge in [-0.1, -0.05) is 36.4 Å². The minimum Gasteiger partial charge on any atom is -0.490 e. The highest BCUT2D eigenvalue weighted by Crippen LogP contribution is 2.18. The van der Waals surface area contributed by atoms with Crippen molar-refractivity contribution < 1.29 is 18.7 Å². The van der Waals surface area contributed by atoms with Crippen LogP contribution in [0.3, 0.4) is 0 Å². The van der Waals surface area contributed by atoms with Crippen molar-refractivity contribution in [2.75, 3.05) is 30.4 Å². The summed E-state index contributed by atoms with van der Waals surface area (Å²) in [6, 6.07) is 22.8. The first-order chi connectivity index (χ1) is 13.7. The predicted molar refractivity (Wildman–Crippen MR) is 107 cm³/mol. The Balaban J connectivity index is 1.42. The molecule has 0 fully saturated rings. The minimum absolute atomic E-state index is 0.00884. The number of carbonyl (C=O) groups excluding carboxylic acids is 1. The van der Waals surface area contributed by atoms with Gasteiger partial charge >= 0.3 is 0 Å². The molecule has 0 atom stereocenters. The van der Waals surface area contributed by atoms with E-state index in [9.17, 15) is 9.18 Å². The molecule has 0 aliphatic heterocycles. The van der Waals surface area contributed by atoms with E-state index in [1.807, 2.05) is 48.5 Å². The third kappa shape index (κ3) is 6.02. The van der Waals surface area contributed by atoms with E-state index in [1.165, 1.54) is 12.1 Å². The van der Waals surface area contributed by atoms with Crippen molar-refractivity contribution in [3.8, 4) is 11.5 Å². The predicted octanol–water partition coefficient (Wildman–Crippen LogP) is 4.33. The van der Waals surface area contributed by atoms with Crippen LogP contribution < -0.4 is 20.1 Å². The van der Waals surface area contributed by atoms with Crippen LogP contribution in [0, 0.1) is 5.82 Å². The largest absolute Gasteiger partial charge is 0.490 e. The molecule has 0 spiro atoms. The Labute approximate surface area is 163 Å². The summed E-state index contributed by atoms with van der Waals surface area (Å²) in [5.74, 6) is 0.648. The van der Waals surface area contributed by atoms with Crippen molar-refractivity contribution in [2.45, 2.75) is 0 Å². The molecule has 3 rings (SSSR count). The first kappa shape index (κ1) is 19.2. The Morgan fingerprint density at radius 2 is 1.50 bits per heavy atom. The number of hydrogen-bond donors (Lipinski definition) is 2. The maximum atomic E-state index is 13.6. The van der Waals surface area contributed by atoms with E-state index in [0.29, 0.717) is 19.0 Å². The number of nitrogens with one attached hydrogen (secondary N) is 2. The molecule has 1 amide bonds. The molecule has 0 radical (unpaired) electrons. The fourth-order valence-corrected chi connectivity index (χ4v) is 2.47. The normalized spacial score (nSPS) is 10.2. The average Bonchev–Trinajstić information content (AvgIpc) is 2.73. The summed E-state index contributed by atoms with van der Waals surface area (Å²) in [6.45, 7) is 0.827. The topological polar surface area (TPSA) is 59.6 Å². The highest BCUT2D eigenvalue weighted by Gasteiger charge is 2.06. The van der Waals surface area contributed by atoms with E-state index >= 15 is 0 Å². The number of rotatable bonds is 9. The third-order valence-electron chi connectivity index (χ3n) is 3.80. The Kier molecular flexibility index (Phi) is 6.84. The number of para-hydroxylation sites is 2. The van der Waals surface area contributed by atoms with Gasteiger partial charge in [0.1, 0.15) is 30.5 Å². The van der Waals surface area contributed by atoms with Gasteiger partial charge in [-0.3, -0.25) is 4.79 Å². The molecule has 0 aliphatic carbocycles. The maximum Gasteiger partial charge on any atom is 0.243 e. The average molecular weight is 380 g/mol. The lowest BCUT2D eigenvalue weighted by Crippen LogP contribution is -2.22. The summed E-state index contributed by atoms with van der Waals surface area (Å²) in [4.78, 5) is 12.0. The Hall–Kier alpha value is -3.54. The lowest BCUT2D eigenvalue weighted by atomic mass is 10.3. The Morgan fingerprint density at radius 1 is 0.821 bits per heavy atom. The minimum atomic E-state index is -0.469. The standard InChI is InChI=1S/C22H21FN2O3/c23-20-11-4-5-12-21(20)25-22(26)16-24-17-7-6-10-19(15-17)28-14-13-27-18-8-2-1-3-9-18/h1-12,15,24H,13-14,16H2,(H,25,26). The van der Waals surface area contributed by atoms with Crippen LogP contribution in [-0.2, 0) is 4.79 Å². The van der Waals surface area contributed by atoms with Crippen molar-refractivity contribution in [2.24, 2.45) is 0 Å². The molecule has 0 saturated heterocycles. The molecule has 0 unspecified atom stereocenters. The molecule has 0 bridgehead atoms. The second-order valence-corrected chi connectivity index (χ2v) is 5.92. The van der Waals surface area contributed by atoms with Gasteiger partial charge in [0.05, 0.1) is 12.2 Å². The van der Waals surface area contributed by atoms with Crippen molar-refractivity contribution >= 4 is 17.3 Å². The summed E-state index contributed by atoms with van der Waals surface area (Å²) in [7, 11) is 0. The first-order valence-electron chi connectivity index (χ1n) is 8.90. The summed E-state index contributed by atoms with van der Waals surface area (Å²) < 4.78 is 24.8. The lowest BCUT2D eigenvalue weighted by molar-refractivity contribution is -0.114. The van der Waals surface area contributed by atoms with E-state index in [1.54, 1.807) is 18.2 Å². The quantitative estimate of drug-likeness (QED) is 0.543. The third-order valence-corrected chi connectivity index (χ3v) is 3.80. The zero-order valence-electron chi connectivity index (χ0n) is 15.2. The van der Waals surface area contributed by atoms with Crippen LogP contribution >= 0.6 is 0 Å². The van der Waals surface area contributed by atoms with Crippen molar-refractivity contribution in [1.82, 2.24) is 0 Å². The maximum absolute atomic E-state index is 13.6. The number of amides is 1. The van der Waals surface area contributed by atoms with Gasteiger partial charge in [-0.25, -0.2) is 4.39 Å². The smallest absolute Gasteiger partial charge is 0.243 e. The summed E-state index contributed by atoms with van der Waals surface area (Å²) >= 11 is 0. The summed E-state index contributed by atoms with van der Waals surface area (Å²) in [5.41, 5.74) is 0.884. The van der Waals surface area contributed by atoms with Crippen molar-refractivity contribution in [3.05, 3.63) is 84.7 Å². The molecule has 0 aromatic heterocycles. The van der Waals surface area contributed by atoms with Gasteiger partial charge in [0.25, 0.3) is 0 Å². The molecule has 6 heteroatoms. The van der Waals surface area contributed by atoms with E-state index < -0.39 is 5.82 Å². The van der Waals surface area contributed by atoms with Gasteiger partial charge < -0.3 is 20.1 Å². The summed E-state index contributed by atoms with van der Waals surface area (Å²) in [5, 5.41) is 5.52. The zero-order chi connectivity index (χ0) is 19.6. The number of hydrogen-bond acceptors (Lipinski definition) is 4. The van der Waals surface area contributed by atoms with E-state index in [2.05, 4.69) is 10.6 Å². The molecule has 3 aromatic rings. The molecule has 0 saturated carbocycles.